The molecule has 4 aromatic rings. The van der Waals surface area contributed by atoms with Gasteiger partial charge in [-0.25, -0.2) is 4.98 Å². The largest absolute Gasteiger partial charge is 0.379 e. The number of hydrogen-bond acceptors (Lipinski definition) is 6. The average molecular weight is 451 g/mol. The number of aromatic nitrogens is 5. The molecule has 5 rings (SSSR count). The molecule has 0 amide bonds. The van der Waals surface area contributed by atoms with Crippen molar-refractivity contribution in [3.63, 3.8) is 0 Å². The topological polar surface area (TPSA) is 86.9 Å². The van der Waals surface area contributed by atoms with Crippen LogP contribution in [0, 0.1) is 0 Å². The zero-order valence-corrected chi connectivity index (χ0v) is 18.6. The molecule has 9 heteroatoms. The van der Waals surface area contributed by atoms with Crippen LogP contribution in [-0.2, 0) is 18.3 Å². The van der Waals surface area contributed by atoms with Gasteiger partial charge in [0.2, 0.25) is 5.95 Å². The number of nitrogens with one attached hydrogen (secondary N) is 1. The predicted octanol–water partition coefficient (Wildman–Crippen LogP) is 3.73. The highest BCUT2D eigenvalue weighted by molar-refractivity contribution is 6.33. The second kappa shape index (κ2) is 8.37. The van der Waals surface area contributed by atoms with E-state index in [1.54, 1.807) is 15.4 Å². The fourth-order valence-electron chi connectivity index (χ4n) is 4.01. The van der Waals surface area contributed by atoms with Crippen molar-refractivity contribution in [2.75, 3.05) is 18.5 Å². The highest BCUT2D eigenvalue weighted by atomic mass is 35.5. The number of rotatable bonds is 5. The summed E-state index contributed by atoms with van der Waals surface area (Å²) in [5, 5.41) is 8.98. The Morgan fingerprint density at radius 1 is 1.25 bits per heavy atom. The Hall–Kier alpha value is -3.23. The van der Waals surface area contributed by atoms with Gasteiger partial charge in [-0.05, 0) is 31.5 Å². The van der Waals surface area contributed by atoms with E-state index in [2.05, 4.69) is 20.4 Å². The number of benzene rings is 1. The number of hydrogen-bond donors (Lipinski definition) is 1. The van der Waals surface area contributed by atoms with Crippen LogP contribution < -0.4 is 10.9 Å². The zero-order chi connectivity index (χ0) is 22.2. The molecule has 1 N–H and O–H groups in total. The van der Waals surface area contributed by atoms with Crippen LogP contribution in [0.25, 0.3) is 33.4 Å². The smallest absolute Gasteiger partial charge is 0.260 e. The van der Waals surface area contributed by atoms with Crippen molar-refractivity contribution in [3.8, 4) is 22.4 Å². The summed E-state index contributed by atoms with van der Waals surface area (Å²) in [6.07, 6.45) is 4.53. The molecule has 0 saturated carbocycles. The van der Waals surface area contributed by atoms with Crippen LogP contribution >= 0.6 is 11.6 Å². The Morgan fingerprint density at radius 2 is 2.12 bits per heavy atom. The molecule has 1 saturated heterocycles. The Morgan fingerprint density at radius 3 is 2.81 bits per heavy atom. The van der Waals surface area contributed by atoms with Crippen molar-refractivity contribution in [2.24, 2.45) is 7.05 Å². The first kappa shape index (κ1) is 20.7. The lowest BCUT2D eigenvalue weighted by atomic mass is 10.0. The average Bonchev–Trinajstić information content (AvgIpc) is 3.45. The lowest BCUT2D eigenvalue weighted by Gasteiger charge is -2.14. The third-order valence-corrected chi connectivity index (χ3v) is 5.99. The monoisotopic (exact) mass is 450 g/mol. The first-order valence-corrected chi connectivity index (χ1v) is 11.0. The molecule has 1 fully saturated rings. The lowest BCUT2D eigenvalue weighted by molar-refractivity contribution is 0.195. The van der Waals surface area contributed by atoms with E-state index >= 15 is 0 Å². The van der Waals surface area contributed by atoms with E-state index in [4.69, 9.17) is 16.3 Å². The standard InChI is InChI=1S/C23H23ClN6O2/c1-3-30-21-15(12-25-23(27-21)26-16-7-9-32-13-16)10-18(22(30)31)17-5-4-14(11-19(17)24)20-6-8-29(2)28-20/h4-6,8,10-12,16H,3,7,9,13H2,1-2H3,(H,25,26,27). The highest BCUT2D eigenvalue weighted by Crippen LogP contribution is 2.31. The van der Waals surface area contributed by atoms with Gasteiger partial charge in [0.25, 0.3) is 5.56 Å². The molecule has 1 aliphatic heterocycles. The van der Waals surface area contributed by atoms with Crippen LogP contribution in [-0.4, -0.2) is 43.6 Å². The molecule has 1 aromatic carbocycles. The molecular formula is C23H23ClN6O2. The predicted molar refractivity (Wildman–Crippen MR) is 125 cm³/mol. The number of nitrogens with zero attached hydrogens (tertiary/aromatic N) is 5. The van der Waals surface area contributed by atoms with Crippen molar-refractivity contribution >= 4 is 28.6 Å². The van der Waals surface area contributed by atoms with E-state index in [1.807, 2.05) is 50.5 Å². The van der Waals surface area contributed by atoms with E-state index in [1.165, 1.54) is 0 Å². The highest BCUT2D eigenvalue weighted by Gasteiger charge is 2.18. The summed E-state index contributed by atoms with van der Waals surface area (Å²) in [6.45, 7) is 3.77. The van der Waals surface area contributed by atoms with Crippen molar-refractivity contribution in [1.29, 1.82) is 0 Å². The van der Waals surface area contributed by atoms with Gasteiger partial charge in [-0.1, -0.05) is 23.7 Å². The molecule has 164 valence electrons. The second-order valence-corrected chi connectivity index (χ2v) is 8.26. The van der Waals surface area contributed by atoms with Crippen LogP contribution in [0.2, 0.25) is 5.02 Å². The maximum atomic E-state index is 13.4. The van der Waals surface area contributed by atoms with E-state index in [9.17, 15) is 4.79 Å². The van der Waals surface area contributed by atoms with Gasteiger partial charge in [0.05, 0.1) is 18.3 Å². The Kier molecular flexibility index (Phi) is 5.40. The number of anilines is 1. The summed E-state index contributed by atoms with van der Waals surface area (Å²) in [4.78, 5) is 22.4. The minimum absolute atomic E-state index is 0.138. The second-order valence-electron chi connectivity index (χ2n) is 7.85. The van der Waals surface area contributed by atoms with Crippen LogP contribution in [0.3, 0.4) is 0 Å². The quantitative estimate of drug-likeness (QED) is 0.498. The third kappa shape index (κ3) is 3.76. The van der Waals surface area contributed by atoms with Gasteiger partial charge < -0.3 is 10.1 Å². The third-order valence-electron chi connectivity index (χ3n) is 5.67. The number of aryl methyl sites for hydroxylation is 2. The normalized spacial score (nSPS) is 16.0. The Balaban J connectivity index is 1.57. The zero-order valence-electron chi connectivity index (χ0n) is 17.9. The van der Waals surface area contributed by atoms with Gasteiger partial charge in [0.15, 0.2) is 0 Å². The number of fused-ring (bicyclic) bond motifs is 1. The lowest BCUT2D eigenvalue weighted by Crippen LogP contribution is -2.24. The molecule has 1 aliphatic rings. The molecule has 3 aromatic heterocycles. The van der Waals surface area contributed by atoms with Crippen LogP contribution in [0.15, 0.2) is 47.5 Å². The molecular weight excluding hydrogens is 428 g/mol. The van der Waals surface area contributed by atoms with E-state index in [-0.39, 0.29) is 11.6 Å². The molecule has 0 spiro atoms. The van der Waals surface area contributed by atoms with E-state index < -0.39 is 0 Å². The minimum Gasteiger partial charge on any atom is -0.379 e. The van der Waals surface area contributed by atoms with E-state index in [0.29, 0.717) is 40.9 Å². The fraction of sp³-hybridized carbons (Fsp3) is 0.304. The number of ether oxygens (including phenoxy) is 1. The summed E-state index contributed by atoms with van der Waals surface area (Å²) in [5.41, 5.74) is 3.37. The van der Waals surface area contributed by atoms with Gasteiger partial charge in [0.1, 0.15) is 5.65 Å². The maximum Gasteiger partial charge on any atom is 0.260 e. The molecule has 4 heterocycles. The number of pyridine rings is 1. The van der Waals surface area contributed by atoms with Gasteiger partial charge in [-0.2, -0.15) is 10.1 Å². The molecule has 0 radical (unpaired) electrons. The minimum atomic E-state index is -0.138. The van der Waals surface area contributed by atoms with Crippen molar-refractivity contribution in [1.82, 2.24) is 24.3 Å². The summed E-state index contributed by atoms with van der Waals surface area (Å²) in [7, 11) is 1.87. The van der Waals surface area contributed by atoms with E-state index in [0.717, 1.165) is 29.7 Å². The molecule has 8 nitrogen and oxygen atoms in total. The van der Waals surface area contributed by atoms with Crippen LogP contribution in [0.5, 0.6) is 0 Å². The van der Waals surface area contributed by atoms with Crippen molar-refractivity contribution in [3.05, 3.63) is 58.1 Å². The van der Waals surface area contributed by atoms with Crippen molar-refractivity contribution in [2.45, 2.75) is 25.9 Å². The molecule has 1 unspecified atom stereocenters. The summed E-state index contributed by atoms with van der Waals surface area (Å²) < 4.78 is 8.80. The van der Waals surface area contributed by atoms with Crippen molar-refractivity contribution < 1.29 is 4.74 Å². The SMILES string of the molecule is CCn1c(=O)c(-c2ccc(-c3ccn(C)n3)cc2Cl)cc2cnc(NC3CCOC3)nc21. The summed E-state index contributed by atoms with van der Waals surface area (Å²) >= 11 is 6.62. The first-order chi connectivity index (χ1) is 15.5. The number of halogens is 1. The maximum absolute atomic E-state index is 13.4. The molecule has 0 bridgehead atoms. The van der Waals surface area contributed by atoms with Gasteiger partial charge >= 0.3 is 0 Å². The van der Waals surface area contributed by atoms with Crippen LogP contribution in [0.1, 0.15) is 13.3 Å². The summed E-state index contributed by atoms with van der Waals surface area (Å²) in [5.74, 6) is 0.500. The molecule has 32 heavy (non-hydrogen) atoms. The molecule has 1 atom stereocenters. The molecule has 0 aliphatic carbocycles. The van der Waals surface area contributed by atoms with Gasteiger partial charge in [0, 0.05) is 59.7 Å². The summed E-state index contributed by atoms with van der Waals surface area (Å²) in [6, 6.07) is 9.55. The fourth-order valence-corrected chi connectivity index (χ4v) is 4.29. The van der Waals surface area contributed by atoms with Gasteiger partial charge in [-0.15, -0.1) is 0 Å². The van der Waals surface area contributed by atoms with Gasteiger partial charge in [-0.3, -0.25) is 14.0 Å². The Labute approximate surface area is 189 Å². The van der Waals surface area contributed by atoms with Crippen LogP contribution in [0.4, 0.5) is 5.95 Å². The first-order valence-electron chi connectivity index (χ1n) is 10.6. The Bertz CT molecular complexity index is 1360.